The second-order valence-corrected chi connectivity index (χ2v) is 6.25. The first-order valence-corrected chi connectivity index (χ1v) is 7.46. The number of hydrogen-bond donors (Lipinski definition) is 1. The molecule has 5 heteroatoms. The van der Waals surface area contributed by atoms with E-state index < -0.39 is 0 Å². The Hall–Kier alpha value is -0.940. The standard InChI is InChI=1S/C14H24N4O/c1-10(2)18-7-11-4-3-5-12(8-18)14(11)15-6-13-16-9-19-17-13/h9-12,14-15H,3-8H2,1-2H3. The molecule has 19 heavy (non-hydrogen) atoms. The highest BCUT2D eigenvalue weighted by Crippen LogP contribution is 2.35. The van der Waals surface area contributed by atoms with Crippen molar-refractivity contribution in [2.45, 2.75) is 51.7 Å². The van der Waals surface area contributed by atoms with Gasteiger partial charge in [0.15, 0.2) is 5.82 Å². The van der Waals surface area contributed by atoms with Gasteiger partial charge in [-0.1, -0.05) is 11.6 Å². The van der Waals surface area contributed by atoms with Gasteiger partial charge < -0.3 is 14.7 Å². The van der Waals surface area contributed by atoms with E-state index in [1.165, 1.54) is 38.7 Å². The van der Waals surface area contributed by atoms with Crippen LogP contribution in [0.4, 0.5) is 0 Å². The predicted octanol–water partition coefficient (Wildman–Crippen LogP) is 1.67. The molecular weight excluding hydrogens is 240 g/mol. The molecule has 1 aromatic heterocycles. The van der Waals surface area contributed by atoms with Crippen LogP contribution in [0.1, 0.15) is 38.9 Å². The monoisotopic (exact) mass is 264 g/mol. The summed E-state index contributed by atoms with van der Waals surface area (Å²) < 4.78 is 4.79. The Bertz CT molecular complexity index is 378. The second-order valence-electron chi connectivity index (χ2n) is 6.25. The Morgan fingerprint density at radius 2 is 2.11 bits per heavy atom. The van der Waals surface area contributed by atoms with Gasteiger partial charge in [-0.3, -0.25) is 0 Å². The molecule has 1 aromatic rings. The zero-order valence-corrected chi connectivity index (χ0v) is 11.9. The van der Waals surface area contributed by atoms with Crippen LogP contribution in [0.25, 0.3) is 0 Å². The van der Waals surface area contributed by atoms with Gasteiger partial charge in [0.2, 0.25) is 6.39 Å². The van der Waals surface area contributed by atoms with Gasteiger partial charge in [-0.05, 0) is 38.5 Å². The fourth-order valence-electron chi connectivity index (χ4n) is 3.71. The maximum absolute atomic E-state index is 4.79. The van der Waals surface area contributed by atoms with E-state index in [9.17, 15) is 0 Å². The van der Waals surface area contributed by atoms with Crippen molar-refractivity contribution >= 4 is 0 Å². The third-order valence-corrected chi connectivity index (χ3v) is 4.74. The lowest BCUT2D eigenvalue weighted by Gasteiger charge is -2.49. The molecule has 1 saturated heterocycles. The molecule has 1 N–H and O–H groups in total. The normalized spacial score (nSPS) is 31.8. The van der Waals surface area contributed by atoms with E-state index in [4.69, 9.17) is 4.52 Å². The highest BCUT2D eigenvalue weighted by Gasteiger charge is 2.39. The molecule has 3 rings (SSSR count). The number of rotatable bonds is 4. The van der Waals surface area contributed by atoms with Crippen molar-refractivity contribution < 1.29 is 4.52 Å². The summed E-state index contributed by atoms with van der Waals surface area (Å²) in [6, 6.07) is 1.29. The van der Waals surface area contributed by atoms with Crippen molar-refractivity contribution in [1.82, 2.24) is 20.4 Å². The van der Waals surface area contributed by atoms with Crippen LogP contribution in [0.2, 0.25) is 0 Å². The molecule has 2 atom stereocenters. The fraction of sp³-hybridized carbons (Fsp3) is 0.857. The number of nitrogens with one attached hydrogen (secondary N) is 1. The van der Waals surface area contributed by atoms with Gasteiger partial charge in [0.1, 0.15) is 0 Å². The van der Waals surface area contributed by atoms with E-state index in [1.807, 2.05) is 0 Å². The van der Waals surface area contributed by atoms with E-state index in [1.54, 1.807) is 0 Å². The van der Waals surface area contributed by atoms with E-state index in [0.717, 1.165) is 24.2 Å². The molecule has 0 spiro atoms. The molecule has 2 bridgehead atoms. The minimum Gasteiger partial charge on any atom is -0.343 e. The molecule has 0 amide bonds. The van der Waals surface area contributed by atoms with Gasteiger partial charge in [-0.15, -0.1) is 0 Å². The van der Waals surface area contributed by atoms with E-state index in [2.05, 4.69) is 34.2 Å². The molecule has 2 heterocycles. The first-order valence-electron chi connectivity index (χ1n) is 7.46. The molecule has 0 aromatic carbocycles. The van der Waals surface area contributed by atoms with Crippen LogP contribution >= 0.6 is 0 Å². The van der Waals surface area contributed by atoms with Crippen LogP contribution in [0.3, 0.4) is 0 Å². The maximum atomic E-state index is 4.79. The highest BCUT2D eigenvalue weighted by atomic mass is 16.5. The number of nitrogens with zero attached hydrogens (tertiary/aromatic N) is 3. The summed E-state index contributed by atoms with van der Waals surface area (Å²) in [7, 11) is 0. The SMILES string of the molecule is CC(C)N1CC2CCCC(C1)C2NCc1ncon1. The van der Waals surface area contributed by atoms with Gasteiger partial charge in [0, 0.05) is 25.2 Å². The van der Waals surface area contributed by atoms with Gasteiger partial charge in [-0.25, -0.2) is 0 Å². The van der Waals surface area contributed by atoms with Crippen molar-refractivity contribution in [3.63, 3.8) is 0 Å². The first kappa shape index (κ1) is 13.1. The van der Waals surface area contributed by atoms with Crippen molar-refractivity contribution in [2.75, 3.05) is 13.1 Å². The fourth-order valence-corrected chi connectivity index (χ4v) is 3.71. The molecule has 106 valence electrons. The molecule has 1 aliphatic heterocycles. The molecule has 5 nitrogen and oxygen atoms in total. The molecule has 1 aliphatic carbocycles. The van der Waals surface area contributed by atoms with Crippen LogP contribution in [-0.4, -0.2) is 40.2 Å². The Balaban J connectivity index is 1.62. The largest absolute Gasteiger partial charge is 0.343 e. The number of piperidine rings is 1. The maximum Gasteiger partial charge on any atom is 0.213 e. The summed E-state index contributed by atoms with van der Waals surface area (Å²) in [5.41, 5.74) is 0. The van der Waals surface area contributed by atoms with Crippen molar-refractivity contribution in [2.24, 2.45) is 11.8 Å². The number of likely N-dealkylation sites (tertiary alicyclic amines) is 1. The van der Waals surface area contributed by atoms with Gasteiger partial charge in [0.25, 0.3) is 0 Å². The van der Waals surface area contributed by atoms with Crippen LogP contribution in [0, 0.1) is 11.8 Å². The van der Waals surface area contributed by atoms with E-state index >= 15 is 0 Å². The van der Waals surface area contributed by atoms with Gasteiger partial charge >= 0.3 is 0 Å². The Kier molecular flexibility index (Phi) is 3.84. The molecular formula is C14H24N4O. The first-order chi connectivity index (χ1) is 9.24. The van der Waals surface area contributed by atoms with E-state index in [-0.39, 0.29) is 0 Å². The third-order valence-electron chi connectivity index (χ3n) is 4.74. The van der Waals surface area contributed by atoms with Crippen molar-refractivity contribution in [3.8, 4) is 0 Å². The summed E-state index contributed by atoms with van der Waals surface area (Å²) in [6.45, 7) is 7.82. The number of hydrogen-bond acceptors (Lipinski definition) is 5. The van der Waals surface area contributed by atoms with Crippen molar-refractivity contribution in [1.29, 1.82) is 0 Å². The minimum atomic E-state index is 0.627. The average molecular weight is 264 g/mol. The molecule has 2 unspecified atom stereocenters. The summed E-state index contributed by atoms with van der Waals surface area (Å²) in [5.74, 6) is 2.33. The van der Waals surface area contributed by atoms with Crippen LogP contribution in [-0.2, 0) is 6.54 Å². The molecule has 2 aliphatic rings. The van der Waals surface area contributed by atoms with Gasteiger partial charge in [0.05, 0.1) is 6.54 Å². The molecule has 1 saturated carbocycles. The number of fused-ring (bicyclic) bond motifs is 2. The van der Waals surface area contributed by atoms with Crippen molar-refractivity contribution in [3.05, 3.63) is 12.2 Å². The van der Waals surface area contributed by atoms with Crippen LogP contribution < -0.4 is 5.32 Å². The number of aromatic nitrogens is 2. The topological polar surface area (TPSA) is 54.2 Å². The summed E-state index contributed by atoms with van der Waals surface area (Å²) in [6.07, 6.45) is 5.49. The summed E-state index contributed by atoms with van der Waals surface area (Å²) in [5, 5.41) is 7.55. The zero-order chi connectivity index (χ0) is 13.2. The predicted molar refractivity (Wildman–Crippen MR) is 72.5 cm³/mol. The molecule has 0 radical (unpaired) electrons. The summed E-state index contributed by atoms with van der Waals surface area (Å²) in [4.78, 5) is 6.73. The van der Waals surface area contributed by atoms with E-state index in [0.29, 0.717) is 12.1 Å². The third kappa shape index (κ3) is 2.82. The minimum absolute atomic E-state index is 0.627. The lowest BCUT2D eigenvalue weighted by Crippen LogP contribution is -2.58. The summed E-state index contributed by atoms with van der Waals surface area (Å²) >= 11 is 0. The lowest BCUT2D eigenvalue weighted by atomic mass is 9.73. The molecule has 2 fully saturated rings. The smallest absolute Gasteiger partial charge is 0.213 e. The zero-order valence-electron chi connectivity index (χ0n) is 11.9. The second kappa shape index (κ2) is 5.59. The Labute approximate surface area is 114 Å². The quantitative estimate of drug-likeness (QED) is 0.896. The lowest BCUT2D eigenvalue weighted by molar-refractivity contribution is 0.0286. The highest BCUT2D eigenvalue weighted by molar-refractivity contribution is 4.96. The average Bonchev–Trinajstić information content (AvgIpc) is 2.88. The Morgan fingerprint density at radius 1 is 1.37 bits per heavy atom. The Morgan fingerprint density at radius 3 is 2.68 bits per heavy atom. The van der Waals surface area contributed by atoms with Crippen LogP contribution in [0.5, 0.6) is 0 Å². The van der Waals surface area contributed by atoms with Crippen LogP contribution in [0.15, 0.2) is 10.9 Å². The van der Waals surface area contributed by atoms with Gasteiger partial charge in [-0.2, -0.15) is 4.98 Å².